The van der Waals surface area contributed by atoms with Crippen molar-refractivity contribution >= 4 is 44.3 Å². The summed E-state index contributed by atoms with van der Waals surface area (Å²) >= 11 is 3.25. The smallest absolute Gasteiger partial charge is 0.172 e. The average Bonchev–Trinajstić information content (AvgIpc) is 3.44. The van der Waals surface area contributed by atoms with Crippen LogP contribution in [0.4, 0.5) is 0 Å². The SMILES string of the molecule is c1ccc(-c2csc3nc(CN4CCOCC4)nc(Sc4nc5ccccc5[nH]4)c23)cc1. The zero-order valence-electron chi connectivity index (χ0n) is 17.3. The van der Waals surface area contributed by atoms with Crippen molar-refractivity contribution in [2.75, 3.05) is 26.3 Å². The molecule has 4 heterocycles. The third-order valence-electron chi connectivity index (χ3n) is 5.56. The van der Waals surface area contributed by atoms with Gasteiger partial charge < -0.3 is 9.72 Å². The Morgan fingerprint density at radius 3 is 2.62 bits per heavy atom. The summed E-state index contributed by atoms with van der Waals surface area (Å²) in [4.78, 5) is 21.5. The maximum absolute atomic E-state index is 5.49. The molecule has 0 saturated carbocycles. The molecule has 160 valence electrons. The van der Waals surface area contributed by atoms with Gasteiger partial charge in [0, 0.05) is 24.0 Å². The van der Waals surface area contributed by atoms with Gasteiger partial charge in [-0.1, -0.05) is 42.5 Å². The van der Waals surface area contributed by atoms with Crippen LogP contribution in [0.5, 0.6) is 0 Å². The van der Waals surface area contributed by atoms with Gasteiger partial charge in [-0.15, -0.1) is 11.3 Å². The standard InChI is InChI=1S/C24H21N5OS2/c1-2-6-16(7-3-1)17-15-31-22-21(17)23(28-20(27-22)14-29-10-12-30-13-11-29)32-24-25-18-8-4-5-9-19(18)26-24/h1-9,15H,10-14H2,(H,25,26). The molecular weight excluding hydrogens is 438 g/mol. The number of hydrogen-bond acceptors (Lipinski definition) is 7. The van der Waals surface area contributed by atoms with E-state index in [1.54, 1.807) is 23.1 Å². The fourth-order valence-corrected chi connectivity index (χ4v) is 5.93. The average molecular weight is 460 g/mol. The third-order valence-corrected chi connectivity index (χ3v) is 7.31. The minimum absolute atomic E-state index is 0.728. The molecule has 1 aliphatic rings. The molecule has 1 saturated heterocycles. The molecule has 1 N–H and O–H groups in total. The molecule has 8 heteroatoms. The lowest BCUT2D eigenvalue weighted by atomic mass is 10.1. The zero-order chi connectivity index (χ0) is 21.3. The molecule has 1 fully saturated rings. The van der Waals surface area contributed by atoms with Gasteiger partial charge in [0.25, 0.3) is 0 Å². The summed E-state index contributed by atoms with van der Waals surface area (Å²) < 4.78 is 5.49. The second-order valence-electron chi connectivity index (χ2n) is 7.69. The van der Waals surface area contributed by atoms with Crippen LogP contribution in [0.1, 0.15) is 5.82 Å². The summed E-state index contributed by atoms with van der Waals surface area (Å²) in [5.41, 5.74) is 4.33. The van der Waals surface area contributed by atoms with E-state index in [2.05, 4.69) is 39.5 Å². The number of ether oxygens (including phenoxy) is 1. The van der Waals surface area contributed by atoms with E-state index in [0.29, 0.717) is 0 Å². The van der Waals surface area contributed by atoms with Crippen LogP contribution in [-0.4, -0.2) is 51.1 Å². The van der Waals surface area contributed by atoms with E-state index in [4.69, 9.17) is 19.7 Å². The molecule has 6 rings (SSSR count). The number of morpholine rings is 1. The number of rotatable bonds is 5. The largest absolute Gasteiger partial charge is 0.379 e. The Balaban J connectivity index is 1.45. The molecule has 0 amide bonds. The Morgan fingerprint density at radius 1 is 0.969 bits per heavy atom. The highest BCUT2D eigenvalue weighted by molar-refractivity contribution is 7.99. The summed E-state index contributed by atoms with van der Waals surface area (Å²) in [5, 5.41) is 5.07. The number of nitrogens with one attached hydrogen (secondary N) is 1. The first-order chi connectivity index (χ1) is 15.8. The summed E-state index contributed by atoms with van der Waals surface area (Å²) in [6, 6.07) is 18.5. The molecule has 5 aromatic rings. The van der Waals surface area contributed by atoms with E-state index in [0.717, 1.165) is 70.1 Å². The lowest BCUT2D eigenvalue weighted by Gasteiger charge is -2.25. The Hall–Kier alpha value is -2.78. The van der Waals surface area contributed by atoms with Gasteiger partial charge in [-0.3, -0.25) is 4.90 Å². The summed E-state index contributed by atoms with van der Waals surface area (Å²) in [5.74, 6) is 0.847. The highest BCUT2D eigenvalue weighted by Crippen LogP contribution is 2.40. The second-order valence-corrected chi connectivity index (χ2v) is 9.53. The number of para-hydroxylation sites is 2. The molecule has 6 nitrogen and oxygen atoms in total. The monoisotopic (exact) mass is 459 g/mol. The molecule has 3 aromatic heterocycles. The van der Waals surface area contributed by atoms with Gasteiger partial charge in [0.1, 0.15) is 15.7 Å². The van der Waals surface area contributed by atoms with E-state index in [9.17, 15) is 0 Å². The molecular formula is C24H21N5OS2. The second kappa shape index (κ2) is 8.63. The van der Waals surface area contributed by atoms with E-state index in [-0.39, 0.29) is 0 Å². The number of benzene rings is 2. The van der Waals surface area contributed by atoms with E-state index >= 15 is 0 Å². The van der Waals surface area contributed by atoms with Crippen LogP contribution in [0.25, 0.3) is 32.4 Å². The fourth-order valence-electron chi connectivity index (χ4n) is 3.96. The van der Waals surface area contributed by atoms with E-state index in [1.807, 2.05) is 30.3 Å². The van der Waals surface area contributed by atoms with Crippen molar-refractivity contribution in [2.24, 2.45) is 0 Å². The fraction of sp³-hybridized carbons (Fsp3) is 0.208. The molecule has 1 aliphatic heterocycles. The number of nitrogens with zero attached hydrogens (tertiary/aromatic N) is 4. The van der Waals surface area contributed by atoms with E-state index < -0.39 is 0 Å². The maximum Gasteiger partial charge on any atom is 0.172 e. The Bertz CT molecular complexity index is 1340. The predicted octanol–water partition coefficient (Wildman–Crippen LogP) is 5.22. The molecule has 0 unspecified atom stereocenters. The quantitative estimate of drug-likeness (QED) is 0.364. The molecule has 2 aromatic carbocycles. The van der Waals surface area contributed by atoms with Crippen LogP contribution in [0.3, 0.4) is 0 Å². The van der Waals surface area contributed by atoms with Gasteiger partial charge in [-0.25, -0.2) is 15.0 Å². The van der Waals surface area contributed by atoms with Crippen LogP contribution in [0, 0.1) is 0 Å². The number of H-pyrrole nitrogens is 1. The van der Waals surface area contributed by atoms with Gasteiger partial charge >= 0.3 is 0 Å². The van der Waals surface area contributed by atoms with Gasteiger partial charge in [0.05, 0.1) is 36.2 Å². The number of fused-ring (bicyclic) bond motifs is 2. The van der Waals surface area contributed by atoms with Crippen molar-refractivity contribution in [3.05, 3.63) is 65.8 Å². The van der Waals surface area contributed by atoms with Crippen LogP contribution in [0.15, 0.2) is 70.2 Å². The summed E-state index contributed by atoms with van der Waals surface area (Å²) in [7, 11) is 0. The van der Waals surface area contributed by atoms with Crippen LogP contribution < -0.4 is 0 Å². The number of aromatic nitrogens is 4. The first-order valence-electron chi connectivity index (χ1n) is 10.6. The van der Waals surface area contributed by atoms with Crippen LogP contribution >= 0.6 is 23.1 Å². The van der Waals surface area contributed by atoms with Gasteiger partial charge in [-0.05, 0) is 29.5 Å². The number of imidazole rings is 1. The summed E-state index contributed by atoms with van der Waals surface area (Å²) in [6.45, 7) is 4.08. The number of thiophene rings is 1. The van der Waals surface area contributed by atoms with Crippen LogP contribution in [-0.2, 0) is 11.3 Å². The molecule has 0 spiro atoms. The minimum atomic E-state index is 0.728. The lowest BCUT2D eigenvalue weighted by molar-refractivity contribution is 0.0330. The minimum Gasteiger partial charge on any atom is -0.379 e. The highest BCUT2D eigenvalue weighted by Gasteiger charge is 2.19. The van der Waals surface area contributed by atoms with Gasteiger partial charge in [0.15, 0.2) is 5.16 Å². The lowest BCUT2D eigenvalue weighted by Crippen LogP contribution is -2.36. The van der Waals surface area contributed by atoms with Gasteiger partial charge in [-0.2, -0.15) is 0 Å². The highest BCUT2D eigenvalue weighted by atomic mass is 32.2. The van der Waals surface area contributed by atoms with Gasteiger partial charge in [0.2, 0.25) is 0 Å². The van der Waals surface area contributed by atoms with Crippen molar-refractivity contribution in [3.8, 4) is 11.1 Å². The molecule has 0 radical (unpaired) electrons. The molecule has 0 bridgehead atoms. The normalized spacial score (nSPS) is 15.0. The van der Waals surface area contributed by atoms with Crippen molar-refractivity contribution in [2.45, 2.75) is 16.7 Å². The van der Waals surface area contributed by atoms with Crippen LogP contribution in [0.2, 0.25) is 0 Å². The molecule has 0 atom stereocenters. The third kappa shape index (κ3) is 3.91. The summed E-state index contributed by atoms with van der Waals surface area (Å²) in [6.07, 6.45) is 0. The topological polar surface area (TPSA) is 66.9 Å². The van der Waals surface area contributed by atoms with Crippen molar-refractivity contribution in [1.82, 2.24) is 24.8 Å². The molecule has 0 aliphatic carbocycles. The number of hydrogen-bond donors (Lipinski definition) is 1. The Morgan fingerprint density at radius 2 is 1.78 bits per heavy atom. The van der Waals surface area contributed by atoms with Crippen molar-refractivity contribution in [1.29, 1.82) is 0 Å². The van der Waals surface area contributed by atoms with Crippen molar-refractivity contribution in [3.63, 3.8) is 0 Å². The number of aromatic amines is 1. The van der Waals surface area contributed by atoms with E-state index in [1.165, 1.54) is 11.1 Å². The predicted molar refractivity (Wildman–Crippen MR) is 129 cm³/mol. The maximum atomic E-state index is 5.49. The Kier molecular flexibility index (Phi) is 5.36. The first kappa shape index (κ1) is 19.9. The zero-order valence-corrected chi connectivity index (χ0v) is 19.0. The Labute approximate surface area is 193 Å². The first-order valence-corrected chi connectivity index (χ1v) is 12.3. The molecule has 32 heavy (non-hydrogen) atoms. The van der Waals surface area contributed by atoms with Crippen molar-refractivity contribution < 1.29 is 4.74 Å².